The highest BCUT2D eigenvalue weighted by Crippen LogP contribution is 2.36. The third-order valence-corrected chi connectivity index (χ3v) is 7.54. The fourth-order valence-electron chi connectivity index (χ4n) is 5.76. The molecule has 6 nitrogen and oxygen atoms in total. The third-order valence-electron chi connectivity index (χ3n) is 7.54. The van der Waals surface area contributed by atoms with Gasteiger partial charge in [0.1, 0.15) is 5.75 Å². The zero-order valence-corrected chi connectivity index (χ0v) is 25.0. The van der Waals surface area contributed by atoms with E-state index in [1.165, 1.54) is 16.7 Å². The van der Waals surface area contributed by atoms with Crippen LogP contribution in [-0.4, -0.2) is 26.1 Å². The van der Waals surface area contributed by atoms with E-state index < -0.39 is 0 Å². The second-order valence-electron chi connectivity index (χ2n) is 10.9. The molecule has 0 aliphatic rings. The van der Waals surface area contributed by atoms with E-state index in [1.807, 2.05) is 61.8 Å². The van der Waals surface area contributed by atoms with Crippen LogP contribution in [0.5, 0.6) is 11.6 Å². The topological polar surface area (TPSA) is 48.1 Å². The van der Waals surface area contributed by atoms with E-state index in [0.29, 0.717) is 11.8 Å². The first-order chi connectivity index (χ1) is 20.3. The second kappa shape index (κ2) is 11.1. The molecule has 0 bridgehead atoms. The first kappa shape index (κ1) is 27.1. The van der Waals surface area contributed by atoms with Crippen molar-refractivity contribution in [2.75, 3.05) is 11.9 Å². The molecule has 0 spiro atoms. The Balaban J connectivity index is 1.56. The van der Waals surface area contributed by atoms with E-state index in [9.17, 15) is 0 Å². The van der Waals surface area contributed by atoms with E-state index in [4.69, 9.17) is 14.7 Å². The number of hydrogen-bond acceptors (Lipinski definition) is 4. The first-order valence-electron chi connectivity index (χ1n) is 14.2. The second-order valence-corrected chi connectivity index (χ2v) is 10.9. The highest BCUT2D eigenvalue weighted by molar-refractivity contribution is 5.67. The lowest BCUT2D eigenvalue weighted by Crippen LogP contribution is -2.20. The van der Waals surface area contributed by atoms with Crippen LogP contribution < -0.4 is 9.64 Å². The number of hydrogen-bond donors (Lipinski definition) is 0. The number of para-hydroxylation sites is 2. The Kier molecular flexibility index (Phi) is 7.13. The minimum Gasteiger partial charge on any atom is -0.437 e. The molecule has 210 valence electrons. The van der Waals surface area contributed by atoms with Crippen molar-refractivity contribution >= 4 is 11.9 Å². The lowest BCUT2D eigenvalue weighted by molar-refractivity contribution is 0.465. The Bertz CT molecular complexity index is 1830. The van der Waals surface area contributed by atoms with E-state index in [2.05, 4.69) is 97.3 Å². The van der Waals surface area contributed by atoms with Crippen LogP contribution in [0.15, 0.2) is 103 Å². The average molecular weight is 554 g/mol. The predicted octanol–water partition coefficient (Wildman–Crippen LogP) is 8.83. The summed E-state index contributed by atoms with van der Waals surface area (Å²) in [6, 6.07) is 30.8. The van der Waals surface area contributed by atoms with Crippen LogP contribution >= 0.6 is 0 Å². The van der Waals surface area contributed by atoms with Crippen molar-refractivity contribution in [3.8, 4) is 34.3 Å². The Labute approximate surface area is 247 Å². The van der Waals surface area contributed by atoms with Crippen molar-refractivity contribution in [2.45, 2.75) is 34.6 Å². The maximum Gasteiger partial charge on any atom is 0.239 e. The summed E-state index contributed by atoms with van der Waals surface area (Å²) in [6.07, 6.45) is 4.08. The molecular formula is C36H35N5O. The van der Waals surface area contributed by atoms with E-state index in [0.717, 1.165) is 45.5 Å². The van der Waals surface area contributed by atoms with Crippen LogP contribution in [0.1, 0.15) is 27.8 Å². The lowest BCUT2D eigenvalue weighted by Gasteiger charge is -2.23. The van der Waals surface area contributed by atoms with E-state index >= 15 is 0 Å². The molecule has 42 heavy (non-hydrogen) atoms. The van der Waals surface area contributed by atoms with Crippen LogP contribution in [0.2, 0.25) is 0 Å². The monoisotopic (exact) mass is 553 g/mol. The van der Waals surface area contributed by atoms with Crippen molar-refractivity contribution in [1.29, 1.82) is 0 Å². The van der Waals surface area contributed by atoms with E-state index in [-0.39, 0.29) is 0 Å². The lowest BCUT2D eigenvalue weighted by atomic mass is 10.1. The van der Waals surface area contributed by atoms with Gasteiger partial charge in [0.25, 0.3) is 0 Å². The molecule has 0 saturated carbocycles. The van der Waals surface area contributed by atoms with Gasteiger partial charge in [-0.25, -0.2) is 4.98 Å². The molecule has 0 atom stereocenters. The zero-order valence-electron chi connectivity index (χ0n) is 25.0. The number of aryl methyl sites for hydroxylation is 5. The summed E-state index contributed by atoms with van der Waals surface area (Å²) >= 11 is 0. The van der Waals surface area contributed by atoms with Crippen LogP contribution in [-0.2, 0) is 0 Å². The van der Waals surface area contributed by atoms with Gasteiger partial charge in [-0.1, -0.05) is 84.4 Å². The zero-order chi connectivity index (χ0) is 29.4. The fraction of sp³-hybridized carbons (Fsp3) is 0.167. The molecule has 6 aromatic rings. The van der Waals surface area contributed by atoms with Gasteiger partial charge < -0.3 is 4.74 Å². The summed E-state index contributed by atoms with van der Waals surface area (Å²) in [7, 11) is 2.02. The molecule has 4 aromatic carbocycles. The first-order valence-corrected chi connectivity index (χ1v) is 14.2. The molecule has 0 amide bonds. The number of anilines is 2. The van der Waals surface area contributed by atoms with Gasteiger partial charge in [-0.15, -0.1) is 0 Å². The van der Waals surface area contributed by atoms with Crippen LogP contribution in [0, 0.1) is 34.6 Å². The van der Waals surface area contributed by atoms with Crippen molar-refractivity contribution in [3.63, 3.8) is 0 Å². The van der Waals surface area contributed by atoms with Crippen LogP contribution in [0.4, 0.5) is 11.9 Å². The number of nitrogens with zero attached hydrogens (tertiary/aromatic N) is 5. The summed E-state index contributed by atoms with van der Waals surface area (Å²) in [6.45, 7) is 10.7. The maximum absolute atomic E-state index is 6.25. The highest BCUT2D eigenvalue weighted by atomic mass is 16.5. The molecule has 2 aromatic heterocycles. The standard InChI is InChI=1S/C36H35N5O/c1-24-20-27(4)34(28(5)21-24)41-23-32(42-30-18-11-8-12-19-30)38-36(41)39(6)35-37-31(29-16-9-7-10-17-29)22-40(35)33-25(2)14-13-15-26(33)3/h7-23H,1-6H3. The Hall–Kier alpha value is -5.10. The van der Waals surface area contributed by atoms with Crippen molar-refractivity contribution in [2.24, 2.45) is 0 Å². The molecule has 0 radical (unpaired) electrons. The van der Waals surface area contributed by atoms with Gasteiger partial charge >= 0.3 is 0 Å². The van der Waals surface area contributed by atoms with Gasteiger partial charge in [0.15, 0.2) is 0 Å². The number of benzene rings is 4. The number of aromatic nitrogens is 4. The Morgan fingerprint density at radius 2 is 1.14 bits per heavy atom. The quantitative estimate of drug-likeness (QED) is 0.198. The Morgan fingerprint density at radius 3 is 1.79 bits per heavy atom. The van der Waals surface area contributed by atoms with Gasteiger partial charge in [-0.05, 0) is 69.0 Å². The minimum absolute atomic E-state index is 0.510. The summed E-state index contributed by atoms with van der Waals surface area (Å²) in [5.41, 5.74) is 10.0. The summed E-state index contributed by atoms with van der Waals surface area (Å²) in [5, 5.41) is 0. The molecular weight excluding hydrogens is 518 g/mol. The number of imidazole rings is 2. The molecule has 0 saturated heterocycles. The molecule has 0 aliphatic carbocycles. The van der Waals surface area contributed by atoms with Gasteiger partial charge in [-0.2, -0.15) is 4.98 Å². The van der Waals surface area contributed by atoms with Gasteiger partial charge in [-0.3, -0.25) is 14.0 Å². The summed E-state index contributed by atoms with van der Waals surface area (Å²) in [5.74, 6) is 2.70. The Morgan fingerprint density at radius 1 is 0.595 bits per heavy atom. The molecule has 2 heterocycles. The third kappa shape index (κ3) is 5.07. The van der Waals surface area contributed by atoms with Gasteiger partial charge in [0.2, 0.25) is 17.8 Å². The molecule has 6 rings (SSSR count). The smallest absolute Gasteiger partial charge is 0.239 e. The molecule has 0 fully saturated rings. The van der Waals surface area contributed by atoms with Crippen LogP contribution in [0.3, 0.4) is 0 Å². The predicted molar refractivity (Wildman–Crippen MR) is 171 cm³/mol. The van der Waals surface area contributed by atoms with Crippen molar-refractivity contribution in [3.05, 3.63) is 131 Å². The number of ether oxygens (including phenoxy) is 1. The normalized spacial score (nSPS) is 11.1. The van der Waals surface area contributed by atoms with Gasteiger partial charge in [0, 0.05) is 18.8 Å². The van der Waals surface area contributed by atoms with E-state index in [1.54, 1.807) is 0 Å². The molecule has 0 aliphatic heterocycles. The average Bonchev–Trinajstić information content (AvgIpc) is 3.58. The van der Waals surface area contributed by atoms with Crippen LogP contribution in [0.25, 0.3) is 22.6 Å². The molecule has 6 heteroatoms. The largest absolute Gasteiger partial charge is 0.437 e. The van der Waals surface area contributed by atoms with Crippen molar-refractivity contribution < 1.29 is 4.74 Å². The summed E-state index contributed by atoms with van der Waals surface area (Å²) < 4.78 is 10.6. The maximum atomic E-state index is 6.25. The SMILES string of the molecule is Cc1cc(C)c(-n2cc(Oc3ccccc3)nc2N(C)c2nc(-c3ccccc3)cn2-c2c(C)cccc2C)c(C)c1. The molecule has 0 N–H and O–H groups in total. The van der Waals surface area contributed by atoms with Crippen molar-refractivity contribution in [1.82, 2.24) is 19.1 Å². The van der Waals surface area contributed by atoms with Gasteiger partial charge in [0.05, 0.1) is 23.3 Å². The number of rotatable bonds is 7. The highest BCUT2D eigenvalue weighted by Gasteiger charge is 2.24. The fourth-order valence-corrected chi connectivity index (χ4v) is 5.76. The summed E-state index contributed by atoms with van der Waals surface area (Å²) in [4.78, 5) is 12.3. The minimum atomic E-state index is 0.510. The molecule has 0 unspecified atom stereocenters.